The van der Waals surface area contributed by atoms with Gasteiger partial charge in [0.25, 0.3) is 0 Å². The predicted molar refractivity (Wildman–Crippen MR) is 59.6 cm³/mol. The fourth-order valence-corrected chi connectivity index (χ4v) is 2.15. The molecule has 3 nitrogen and oxygen atoms in total. The van der Waals surface area contributed by atoms with Crippen LogP contribution in [0.3, 0.4) is 0 Å². The highest BCUT2D eigenvalue weighted by Gasteiger charge is 2.33. The van der Waals surface area contributed by atoms with Crippen LogP contribution < -0.4 is 5.32 Å². The molecule has 0 aliphatic heterocycles. The van der Waals surface area contributed by atoms with Crippen LogP contribution in [-0.2, 0) is 4.74 Å². The predicted octanol–water partition coefficient (Wildman–Crippen LogP) is 2.71. The van der Waals surface area contributed by atoms with Gasteiger partial charge >= 0.3 is 6.09 Å². The van der Waals surface area contributed by atoms with E-state index in [2.05, 4.69) is 24.9 Å². The van der Waals surface area contributed by atoms with E-state index in [4.69, 9.17) is 4.74 Å². The lowest BCUT2D eigenvalue weighted by Crippen LogP contribution is -2.40. The van der Waals surface area contributed by atoms with Gasteiger partial charge in [-0.15, -0.1) is 0 Å². The number of carbonyl (C=O) groups excluding carboxylic acids is 1. The molecule has 0 radical (unpaired) electrons. The number of carbonyl (C=O) groups is 1. The van der Waals surface area contributed by atoms with Gasteiger partial charge in [0.1, 0.15) is 5.60 Å². The first-order valence-electron chi connectivity index (χ1n) is 5.30. The Hall–Kier alpha value is -0.380. The van der Waals surface area contributed by atoms with E-state index in [0.717, 1.165) is 19.3 Å². The third-order valence-electron chi connectivity index (χ3n) is 2.94. The topological polar surface area (TPSA) is 38.3 Å². The van der Waals surface area contributed by atoms with Gasteiger partial charge in [0.05, 0.1) is 5.88 Å². The molecule has 1 saturated carbocycles. The lowest BCUT2D eigenvalue weighted by atomic mass is 9.83. The molecule has 0 aromatic carbocycles. The van der Waals surface area contributed by atoms with Gasteiger partial charge in [0, 0.05) is 0 Å². The van der Waals surface area contributed by atoms with E-state index in [1.165, 1.54) is 19.3 Å². The highest BCUT2D eigenvalue weighted by Crippen LogP contribution is 2.34. The maximum Gasteiger partial charge on any atom is 0.408 e. The summed E-state index contributed by atoms with van der Waals surface area (Å²) in [6.07, 6.45) is 6.19. The van der Waals surface area contributed by atoms with Crippen LogP contribution in [0.15, 0.2) is 0 Å². The quantitative estimate of drug-likeness (QED) is 0.563. The summed E-state index contributed by atoms with van der Waals surface area (Å²) in [4.78, 5) is 11.3. The summed E-state index contributed by atoms with van der Waals surface area (Å²) in [6.45, 7) is 2.08. The van der Waals surface area contributed by atoms with Gasteiger partial charge in [-0.25, -0.2) is 4.79 Å². The average molecular weight is 217 g/mol. The molecule has 82 valence electrons. The molecule has 1 aliphatic rings. The van der Waals surface area contributed by atoms with E-state index < -0.39 is 0 Å². The highest BCUT2D eigenvalue weighted by molar-refractivity contribution is 7.80. The summed E-state index contributed by atoms with van der Waals surface area (Å²) in [7, 11) is 0. The fraction of sp³-hybridized carbons (Fsp3) is 0.900. The molecule has 0 unspecified atom stereocenters. The van der Waals surface area contributed by atoms with E-state index in [1.54, 1.807) is 0 Å². The SMILES string of the molecule is CCC1(OC(=O)NCS)CCCCC1. The maximum atomic E-state index is 11.3. The molecule has 14 heavy (non-hydrogen) atoms. The molecule has 4 heteroatoms. The van der Waals surface area contributed by atoms with Crippen molar-refractivity contribution in [3.8, 4) is 0 Å². The molecule has 0 atom stereocenters. The van der Waals surface area contributed by atoms with Crippen LogP contribution in [0.4, 0.5) is 4.79 Å². The van der Waals surface area contributed by atoms with Crippen LogP contribution in [0.1, 0.15) is 45.4 Å². The summed E-state index contributed by atoms with van der Waals surface area (Å²) in [5.41, 5.74) is -0.203. The van der Waals surface area contributed by atoms with Crippen LogP contribution in [0.25, 0.3) is 0 Å². The van der Waals surface area contributed by atoms with E-state index in [9.17, 15) is 4.79 Å². The largest absolute Gasteiger partial charge is 0.443 e. The second-order valence-electron chi connectivity index (χ2n) is 3.82. The number of ether oxygens (including phenoxy) is 1. The monoisotopic (exact) mass is 217 g/mol. The van der Waals surface area contributed by atoms with E-state index >= 15 is 0 Å². The third kappa shape index (κ3) is 3.08. The zero-order chi connectivity index (χ0) is 10.4. The van der Waals surface area contributed by atoms with Crippen molar-refractivity contribution in [2.75, 3.05) is 5.88 Å². The molecule has 1 aliphatic carbocycles. The molecule has 0 heterocycles. The second kappa shape index (κ2) is 5.49. The van der Waals surface area contributed by atoms with Gasteiger partial charge in [0.2, 0.25) is 0 Å². The molecule has 0 aromatic rings. The number of thiol groups is 1. The number of hydrogen-bond donors (Lipinski definition) is 2. The Morgan fingerprint density at radius 3 is 2.57 bits per heavy atom. The van der Waals surface area contributed by atoms with Crippen molar-refractivity contribution < 1.29 is 9.53 Å². The van der Waals surface area contributed by atoms with E-state index in [-0.39, 0.29) is 11.7 Å². The maximum absolute atomic E-state index is 11.3. The summed E-state index contributed by atoms with van der Waals surface area (Å²) in [5.74, 6) is 0.332. The van der Waals surface area contributed by atoms with Crippen LogP contribution in [-0.4, -0.2) is 17.6 Å². The van der Waals surface area contributed by atoms with Gasteiger partial charge in [-0.2, -0.15) is 12.6 Å². The molecule has 1 rings (SSSR count). The van der Waals surface area contributed by atoms with E-state index in [1.807, 2.05) is 0 Å². The first-order chi connectivity index (χ1) is 6.72. The Balaban J connectivity index is 2.47. The minimum absolute atomic E-state index is 0.203. The molecular weight excluding hydrogens is 198 g/mol. The Labute approximate surface area is 91.0 Å². The van der Waals surface area contributed by atoms with Gasteiger partial charge in [-0.3, -0.25) is 0 Å². The highest BCUT2D eigenvalue weighted by atomic mass is 32.1. The average Bonchev–Trinajstić information content (AvgIpc) is 2.19. The molecule has 0 saturated heterocycles. The summed E-state index contributed by atoms with van der Waals surface area (Å²) >= 11 is 3.92. The normalized spacial score (nSPS) is 20.1. The van der Waals surface area contributed by atoms with Crippen molar-refractivity contribution in [1.82, 2.24) is 5.32 Å². The van der Waals surface area contributed by atoms with Crippen molar-refractivity contribution in [3.05, 3.63) is 0 Å². The molecule has 1 N–H and O–H groups in total. The molecule has 1 amide bonds. The van der Waals surface area contributed by atoms with Crippen molar-refractivity contribution in [2.45, 2.75) is 51.0 Å². The molecule has 0 spiro atoms. The summed E-state index contributed by atoms with van der Waals surface area (Å²) < 4.78 is 5.47. The Morgan fingerprint density at radius 2 is 2.07 bits per heavy atom. The summed E-state index contributed by atoms with van der Waals surface area (Å²) in [5, 5.41) is 2.55. The number of amides is 1. The minimum atomic E-state index is -0.330. The zero-order valence-corrected chi connectivity index (χ0v) is 9.61. The fourth-order valence-electron chi connectivity index (χ4n) is 2.02. The Morgan fingerprint density at radius 1 is 1.43 bits per heavy atom. The second-order valence-corrected chi connectivity index (χ2v) is 4.14. The van der Waals surface area contributed by atoms with Crippen LogP contribution in [0.5, 0.6) is 0 Å². The van der Waals surface area contributed by atoms with Gasteiger partial charge in [-0.1, -0.05) is 13.3 Å². The first kappa shape index (κ1) is 11.7. The number of hydrogen-bond acceptors (Lipinski definition) is 3. The minimum Gasteiger partial charge on any atom is -0.443 e. The van der Waals surface area contributed by atoms with Crippen LogP contribution >= 0.6 is 12.6 Å². The third-order valence-corrected chi connectivity index (χ3v) is 3.10. The molecule has 0 aromatic heterocycles. The molecule has 0 bridgehead atoms. The Kier molecular flexibility index (Phi) is 4.58. The van der Waals surface area contributed by atoms with Gasteiger partial charge < -0.3 is 10.1 Å². The number of alkyl carbamates (subject to hydrolysis) is 1. The standard InChI is InChI=1S/C10H19NO2S/c1-2-10(6-4-3-5-7-10)13-9(12)11-8-14/h14H,2-8H2,1H3,(H,11,12). The van der Waals surface area contributed by atoms with Crippen LogP contribution in [0.2, 0.25) is 0 Å². The lowest BCUT2D eigenvalue weighted by molar-refractivity contribution is -0.0187. The van der Waals surface area contributed by atoms with Crippen molar-refractivity contribution in [2.24, 2.45) is 0 Å². The zero-order valence-electron chi connectivity index (χ0n) is 8.71. The van der Waals surface area contributed by atoms with Gasteiger partial charge in [0.15, 0.2) is 0 Å². The van der Waals surface area contributed by atoms with Crippen molar-refractivity contribution in [3.63, 3.8) is 0 Å². The number of nitrogens with one attached hydrogen (secondary N) is 1. The van der Waals surface area contributed by atoms with Gasteiger partial charge in [-0.05, 0) is 32.1 Å². The molecular formula is C10H19NO2S. The van der Waals surface area contributed by atoms with Crippen molar-refractivity contribution >= 4 is 18.7 Å². The lowest BCUT2D eigenvalue weighted by Gasteiger charge is -2.35. The summed E-state index contributed by atoms with van der Waals surface area (Å²) in [6, 6.07) is 0. The number of rotatable bonds is 3. The first-order valence-corrected chi connectivity index (χ1v) is 5.93. The molecule has 1 fully saturated rings. The van der Waals surface area contributed by atoms with Crippen LogP contribution in [0, 0.1) is 0 Å². The van der Waals surface area contributed by atoms with E-state index in [0.29, 0.717) is 5.88 Å². The van der Waals surface area contributed by atoms with Crippen molar-refractivity contribution in [1.29, 1.82) is 0 Å². The Bertz CT molecular complexity index is 191. The smallest absolute Gasteiger partial charge is 0.408 e.